The van der Waals surface area contributed by atoms with E-state index in [4.69, 9.17) is 0 Å². The summed E-state index contributed by atoms with van der Waals surface area (Å²) in [7, 11) is 0. The summed E-state index contributed by atoms with van der Waals surface area (Å²) in [5.41, 5.74) is 1.39. The maximum absolute atomic E-state index is 4.14. The van der Waals surface area contributed by atoms with Gasteiger partial charge in [-0.3, -0.25) is 0 Å². The minimum atomic E-state index is 0.327. The van der Waals surface area contributed by atoms with Crippen molar-refractivity contribution in [1.29, 1.82) is 0 Å². The second-order valence-corrected chi connectivity index (χ2v) is 5.10. The SMILES string of the molecule is CCNC(CCC(C)(C)C)c1cn[nH]n1. The summed E-state index contributed by atoms with van der Waals surface area (Å²) in [5, 5.41) is 14.1. The third-order valence-electron chi connectivity index (χ3n) is 2.42. The Bertz CT molecular complexity index is 261. The van der Waals surface area contributed by atoms with Crippen molar-refractivity contribution < 1.29 is 0 Å². The van der Waals surface area contributed by atoms with Gasteiger partial charge in [0.2, 0.25) is 0 Å². The summed E-state index contributed by atoms with van der Waals surface area (Å²) in [6.07, 6.45) is 4.08. The van der Waals surface area contributed by atoms with Crippen LogP contribution in [0.25, 0.3) is 0 Å². The Morgan fingerprint density at radius 2 is 2.20 bits per heavy atom. The Morgan fingerprint density at radius 1 is 1.47 bits per heavy atom. The van der Waals surface area contributed by atoms with Gasteiger partial charge in [-0.2, -0.15) is 15.4 Å². The van der Waals surface area contributed by atoms with E-state index in [-0.39, 0.29) is 0 Å². The number of aromatic amines is 1. The number of nitrogens with one attached hydrogen (secondary N) is 2. The summed E-state index contributed by atoms with van der Waals surface area (Å²) in [6, 6.07) is 0.327. The van der Waals surface area contributed by atoms with Crippen molar-refractivity contribution >= 4 is 0 Å². The lowest BCUT2D eigenvalue weighted by Crippen LogP contribution is -2.23. The molecule has 2 N–H and O–H groups in total. The van der Waals surface area contributed by atoms with Gasteiger partial charge in [-0.25, -0.2) is 0 Å². The number of rotatable bonds is 5. The van der Waals surface area contributed by atoms with Crippen molar-refractivity contribution in [3.05, 3.63) is 11.9 Å². The fourth-order valence-electron chi connectivity index (χ4n) is 1.56. The van der Waals surface area contributed by atoms with E-state index in [9.17, 15) is 0 Å². The molecular weight excluding hydrogens is 188 g/mol. The number of hydrogen-bond donors (Lipinski definition) is 2. The largest absolute Gasteiger partial charge is 0.309 e. The summed E-state index contributed by atoms with van der Waals surface area (Å²) in [6.45, 7) is 9.86. The van der Waals surface area contributed by atoms with E-state index in [0.717, 1.165) is 18.7 Å². The quantitative estimate of drug-likeness (QED) is 0.784. The fraction of sp³-hybridized carbons (Fsp3) is 0.818. The highest BCUT2D eigenvalue weighted by atomic mass is 15.3. The summed E-state index contributed by atoms with van der Waals surface area (Å²) in [5.74, 6) is 0. The topological polar surface area (TPSA) is 53.6 Å². The van der Waals surface area contributed by atoms with Crippen molar-refractivity contribution in [2.24, 2.45) is 5.41 Å². The first-order valence-corrected chi connectivity index (χ1v) is 5.62. The highest BCUT2D eigenvalue weighted by molar-refractivity contribution is 4.99. The van der Waals surface area contributed by atoms with E-state index in [1.165, 1.54) is 6.42 Å². The highest BCUT2D eigenvalue weighted by Crippen LogP contribution is 2.26. The molecule has 1 rings (SSSR count). The average Bonchev–Trinajstić information content (AvgIpc) is 2.63. The Morgan fingerprint density at radius 3 is 2.67 bits per heavy atom. The van der Waals surface area contributed by atoms with Crippen LogP contribution in [0.4, 0.5) is 0 Å². The molecule has 0 aliphatic carbocycles. The molecule has 0 radical (unpaired) electrons. The van der Waals surface area contributed by atoms with Gasteiger partial charge < -0.3 is 5.32 Å². The van der Waals surface area contributed by atoms with E-state index in [1.54, 1.807) is 6.20 Å². The average molecular weight is 210 g/mol. The molecular formula is C11H22N4. The van der Waals surface area contributed by atoms with Crippen molar-refractivity contribution in [1.82, 2.24) is 20.7 Å². The minimum Gasteiger partial charge on any atom is -0.309 e. The predicted molar refractivity (Wildman–Crippen MR) is 61.5 cm³/mol. The summed E-state index contributed by atoms with van der Waals surface area (Å²) >= 11 is 0. The van der Waals surface area contributed by atoms with Crippen molar-refractivity contribution in [2.45, 2.75) is 46.6 Å². The molecule has 1 atom stereocenters. The first kappa shape index (κ1) is 12.2. The predicted octanol–water partition coefficient (Wildman–Crippen LogP) is 2.28. The van der Waals surface area contributed by atoms with Gasteiger partial charge in [0, 0.05) is 0 Å². The molecule has 86 valence electrons. The Balaban J connectivity index is 2.52. The van der Waals surface area contributed by atoms with Gasteiger partial charge in [-0.15, -0.1) is 0 Å². The lowest BCUT2D eigenvalue weighted by molar-refractivity contribution is 0.331. The zero-order valence-electron chi connectivity index (χ0n) is 10.2. The summed E-state index contributed by atoms with van der Waals surface area (Å²) in [4.78, 5) is 0. The highest BCUT2D eigenvalue weighted by Gasteiger charge is 2.17. The molecule has 0 saturated carbocycles. The molecule has 0 spiro atoms. The van der Waals surface area contributed by atoms with Crippen LogP contribution >= 0.6 is 0 Å². The maximum Gasteiger partial charge on any atom is 0.0993 e. The van der Waals surface area contributed by atoms with Crippen LogP contribution in [-0.2, 0) is 0 Å². The molecule has 4 nitrogen and oxygen atoms in total. The zero-order chi connectivity index (χ0) is 11.3. The van der Waals surface area contributed by atoms with Crippen LogP contribution in [0.2, 0.25) is 0 Å². The molecule has 0 bridgehead atoms. The number of nitrogens with zero attached hydrogens (tertiary/aromatic N) is 2. The van der Waals surface area contributed by atoms with Gasteiger partial charge in [0.25, 0.3) is 0 Å². The molecule has 0 aromatic carbocycles. The molecule has 0 fully saturated rings. The van der Waals surface area contributed by atoms with Crippen LogP contribution in [0.5, 0.6) is 0 Å². The Hall–Kier alpha value is -0.900. The van der Waals surface area contributed by atoms with E-state index in [0.29, 0.717) is 11.5 Å². The molecule has 0 aliphatic heterocycles. The van der Waals surface area contributed by atoms with Gasteiger partial charge in [-0.1, -0.05) is 27.7 Å². The summed E-state index contributed by atoms with van der Waals surface area (Å²) < 4.78 is 0. The Labute approximate surface area is 91.9 Å². The van der Waals surface area contributed by atoms with Crippen molar-refractivity contribution in [2.75, 3.05) is 6.54 Å². The first-order chi connectivity index (χ1) is 7.03. The molecule has 0 aliphatic rings. The standard InChI is InChI=1S/C11H22N4/c1-5-12-9(6-7-11(2,3)4)10-8-13-15-14-10/h8-9,12H,5-7H2,1-4H3,(H,13,14,15). The van der Waals surface area contributed by atoms with E-state index >= 15 is 0 Å². The lowest BCUT2D eigenvalue weighted by Gasteiger charge is -2.22. The van der Waals surface area contributed by atoms with Gasteiger partial charge >= 0.3 is 0 Å². The normalized spacial score (nSPS) is 14.1. The van der Waals surface area contributed by atoms with E-state index in [1.807, 2.05) is 0 Å². The van der Waals surface area contributed by atoms with Crippen LogP contribution in [-0.4, -0.2) is 22.0 Å². The molecule has 4 heteroatoms. The molecule has 1 heterocycles. The van der Waals surface area contributed by atoms with Gasteiger partial charge in [0.1, 0.15) is 0 Å². The molecule has 1 unspecified atom stereocenters. The molecule has 0 amide bonds. The first-order valence-electron chi connectivity index (χ1n) is 5.62. The second-order valence-electron chi connectivity index (χ2n) is 5.10. The van der Waals surface area contributed by atoms with Crippen molar-refractivity contribution in [3.8, 4) is 0 Å². The smallest absolute Gasteiger partial charge is 0.0993 e. The zero-order valence-corrected chi connectivity index (χ0v) is 10.2. The monoisotopic (exact) mass is 210 g/mol. The molecule has 1 aromatic heterocycles. The molecule has 1 aromatic rings. The number of aromatic nitrogens is 3. The molecule has 15 heavy (non-hydrogen) atoms. The second kappa shape index (κ2) is 5.26. The van der Waals surface area contributed by atoms with Crippen LogP contribution in [0.15, 0.2) is 6.20 Å². The molecule has 0 saturated heterocycles. The van der Waals surface area contributed by atoms with Gasteiger partial charge in [-0.05, 0) is 24.8 Å². The van der Waals surface area contributed by atoms with E-state index in [2.05, 4.69) is 48.4 Å². The lowest BCUT2D eigenvalue weighted by atomic mass is 9.88. The van der Waals surface area contributed by atoms with Gasteiger partial charge in [0.05, 0.1) is 17.9 Å². The minimum absolute atomic E-state index is 0.327. The van der Waals surface area contributed by atoms with Crippen LogP contribution in [0.3, 0.4) is 0 Å². The third-order valence-corrected chi connectivity index (χ3v) is 2.42. The Kier molecular flexibility index (Phi) is 4.27. The van der Waals surface area contributed by atoms with Gasteiger partial charge in [0.15, 0.2) is 0 Å². The number of hydrogen-bond acceptors (Lipinski definition) is 3. The van der Waals surface area contributed by atoms with Crippen LogP contribution in [0, 0.1) is 5.41 Å². The van der Waals surface area contributed by atoms with Crippen LogP contribution in [0.1, 0.15) is 52.3 Å². The maximum atomic E-state index is 4.14. The van der Waals surface area contributed by atoms with Crippen molar-refractivity contribution in [3.63, 3.8) is 0 Å². The fourth-order valence-corrected chi connectivity index (χ4v) is 1.56. The van der Waals surface area contributed by atoms with Crippen LogP contribution < -0.4 is 5.32 Å². The van der Waals surface area contributed by atoms with E-state index < -0.39 is 0 Å². The number of H-pyrrole nitrogens is 1. The third kappa shape index (κ3) is 4.42.